The number of carbonyl (C=O) groups excluding carboxylic acids is 5. The summed E-state index contributed by atoms with van der Waals surface area (Å²) in [7, 11) is -2.37. The fourth-order valence-corrected chi connectivity index (χ4v) is 8.11. The van der Waals surface area contributed by atoms with Gasteiger partial charge in [0.15, 0.2) is 0 Å². The number of carbonyl (C=O) groups is 5. The number of rotatable bonds is 16. The van der Waals surface area contributed by atoms with Gasteiger partial charge in [0.05, 0.1) is 18.9 Å². The zero-order chi connectivity index (χ0) is 39.7. The van der Waals surface area contributed by atoms with Crippen LogP contribution in [-0.4, -0.2) is 96.1 Å². The van der Waals surface area contributed by atoms with E-state index in [0.29, 0.717) is 24.0 Å². The minimum atomic E-state index is -3.93. The highest BCUT2D eigenvalue weighted by Gasteiger charge is 2.62. The minimum absolute atomic E-state index is 0.0240. The fraction of sp³-hybridized carbons (Fsp3) is 0.538. The number of hydrogen-bond donors (Lipinski definition) is 3. The number of aromatic nitrogens is 1. The number of ether oxygens (including phenoxy) is 3. The maximum absolute atomic E-state index is 14.5. The molecule has 6 rings (SSSR count). The second-order valence-electron chi connectivity index (χ2n) is 15.7. The predicted octanol–water partition coefficient (Wildman–Crippen LogP) is 3.61. The van der Waals surface area contributed by atoms with Gasteiger partial charge in [0, 0.05) is 36.8 Å². The van der Waals surface area contributed by atoms with Crippen LogP contribution in [0.4, 0.5) is 4.79 Å². The molecule has 1 saturated heterocycles. The number of benzene rings is 1. The van der Waals surface area contributed by atoms with E-state index in [1.54, 1.807) is 52.3 Å². The van der Waals surface area contributed by atoms with Gasteiger partial charge in [0.2, 0.25) is 27.7 Å². The molecular weight excluding hydrogens is 731 g/mol. The van der Waals surface area contributed by atoms with Crippen LogP contribution in [0.5, 0.6) is 11.6 Å². The Balaban J connectivity index is 1.27. The van der Waals surface area contributed by atoms with E-state index >= 15 is 0 Å². The molecule has 55 heavy (non-hydrogen) atoms. The maximum Gasteiger partial charge on any atom is 0.408 e. The first-order chi connectivity index (χ1) is 26.0. The number of ketones is 1. The largest absolute Gasteiger partial charge is 0.497 e. The smallest absolute Gasteiger partial charge is 0.408 e. The Labute approximate surface area is 320 Å². The van der Waals surface area contributed by atoms with Crippen LogP contribution in [0.3, 0.4) is 0 Å². The van der Waals surface area contributed by atoms with Crippen molar-refractivity contribution in [3.63, 3.8) is 0 Å². The summed E-state index contributed by atoms with van der Waals surface area (Å²) in [5, 5.41) is 6.16. The lowest BCUT2D eigenvalue weighted by Crippen LogP contribution is -2.58. The highest BCUT2D eigenvalue weighted by molar-refractivity contribution is 7.91. The molecule has 0 bridgehead atoms. The minimum Gasteiger partial charge on any atom is -0.497 e. The molecular formula is C39H49N5O10S. The highest BCUT2D eigenvalue weighted by atomic mass is 32.2. The fourth-order valence-electron chi connectivity index (χ4n) is 6.75. The van der Waals surface area contributed by atoms with Gasteiger partial charge < -0.3 is 29.7 Å². The molecule has 0 spiro atoms. The van der Waals surface area contributed by atoms with Crippen LogP contribution in [0.15, 0.2) is 54.8 Å². The molecule has 1 aromatic heterocycles. The normalized spacial score (nSPS) is 23.6. The van der Waals surface area contributed by atoms with E-state index in [1.165, 1.54) is 16.5 Å². The lowest BCUT2D eigenvalue weighted by Gasteiger charge is -2.30. The highest BCUT2D eigenvalue weighted by Crippen LogP contribution is 2.45. The monoisotopic (exact) mass is 779 g/mol. The maximum atomic E-state index is 14.5. The van der Waals surface area contributed by atoms with Gasteiger partial charge in [-0.1, -0.05) is 17.7 Å². The summed E-state index contributed by atoms with van der Waals surface area (Å²) in [6.45, 7) is 8.67. The van der Waals surface area contributed by atoms with E-state index in [2.05, 4.69) is 26.9 Å². The first-order valence-electron chi connectivity index (χ1n) is 18.6. The Morgan fingerprint density at radius 1 is 1.13 bits per heavy atom. The molecule has 0 unspecified atom stereocenters. The number of alkyl carbamates (subject to hydrolysis) is 1. The van der Waals surface area contributed by atoms with Gasteiger partial charge >= 0.3 is 6.09 Å². The van der Waals surface area contributed by atoms with E-state index < -0.39 is 74.3 Å². The molecule has 2 heterocycles. The summed E-state index contributed by atoms with van der Waals surface area (Å²) in [5.74, 6) is -2.04. The predicted molar refractivity (Wildman–Crippen MR) is 201 cm³/mol. The molecule has 16 heteroatoms. The topological polar surface area (TPSA) is 199 Å². The van der Waals surface area contributed by atoms with Crippen LogP contribution in [-0.2, 0) is 33.9 Å². The number of methoxy groups -OCH3 is 1. The zero-order valence-corrected chi connectivity index (χ0v) is 32.4. The van der Waals surface area contributed by atoms with Crippen LogP contribution in [0.2, 0.25) is 0 Å². The molecule has 1 aliphatic heterocycles. The first-order valence-corrected chi connectivity index (χ1v) is 20.2. The van der Waals surface area contributed by atoms with Crippen molar-refractivity contribution in [2.45, 2.75) is 113 Å². The Bertz CT molecular complexity index is 2020. The van der Waals surface area contributed by atoms with Crippen molar-refractivity contribution in [2.75, 3.05) is 13.7 Å². The van der Waals surface area contributed by atoms with Crippen molar-refractivity contribution in [3.05, 3.63) is 54.8 Å². The molecule has 4 aliphatic rings. The molecule has 296 valence electrons. The summed E-state index contributed by atoms with van der Waals surface area (Å²) in [4.78, 5) is 73.9. The van der Waals surface area contributed by atoms with Gasteiger partial charge in [-0.25, -0.2) is 18.2 Å². The van der Waals surface area contributed by atoms with Gasteiger partial charge in [-0.2, -0.15) is 0 Å². The molecule has 0 radical (unpaired) electrons. The summed E-state index contributed by atoms with van der Waals surface area (Å²) >= 11 is 0. The Hall–Kier alpha value is -4.99. The van der Waals surface area contributed by atoms with Crippen molar-refractivity contribution in [1.82, 2.24) is 25.2 Å². The molecule has 4 amide bonds. The van der Waals surface area contributed by atoms with Crippen LogP contribution in [0.1, 0.15) is 78.6 Å². The summed E-state index contributed by atoms with van der Waals surface area (Å²) in [6.07, 6.45) is 6.29. The summed E-state index contributed by atoms with van der Waals surface area (Å²) in [6, 6.07) is 4.68. The molecule has 4 fully saturated rings. The van der Waals surface area contributed by atoms with Gasteiger partial charge in [-0.15, -0.1) is 6.58 Å². The Morgan fingerprint density at radius 2 is 1.87 bits per heavy atom. The zero-order valence-electron chi connectivity index (χ0n) is 31.6. The molecule has 5 atom stereocenters. The number of sulfonamides is 1. The van der Waals surface area contributed by atoms with Crippen LogP contribution < -0.4 is 24.8 Å². The third kappa shape index (κ3) is 9.64. The van der Waals surface area contributed by atoms with Gasteiger partial charge in [0.1, 0.15) is 40.9 Å². The third-order valence-electron chi connectivity index (χ3n) is 10.2. The summed E-state index contributed by atoms with van der Waals surface area (Å²) < 4.78 is 44.7. The number of hydrogen-bond acceptors (Lipinski definition) is 11. The van der Waals surface area contributed by atoms with E-state index in [4.69, 9.17) is 14.2 Å². The van der Waals surface area contributed by atoms with Crippen LogP contribution in [0, 0.1) is 5.92 Å². The van der Waals surface area contributed by atoms with Crippen molar-refractivity contribution < 1.29 is 46.6 Å². The Kier molecular flexibility index (Phi) is 11.3. The quantitative estimate of drug-likeness (QED) is 0.210. The third-order valence-corrected chi connectivity index (χ3v) is 12.0. The summed E-state index contributed by atoms with van der Waals surface area (Å²) in [5.41, 5.74) is -1.28. The van der Waals surface area contributed by atoms with E-state index in [9.17, 15) is 32.4 Å². The van der Waals surface area contributed by atoms with E-state index in [1.807, 2.05) is 12.1 Å². The number of Topliss-reactive ketones (excluding diaryl/α,β-unsaturated/α-hetero) is 1. The SMILES string of the molecule is C=C[C@@H]1C[C@]1(NC(=O)[C@@H]1C[C@@H](Oc2nccc3cc(OC)ccc23)CN1C(=O)[C@H](CCC(=O)CC=C1CC1)NC(=O)OC(C)(C)C)C(=O)NS(=O)(=O)C1CC1. The first kappa shape index (κ1) is 39.7. The average molecular weight is 780 g/mol. The number of nitrogens with one attached hydrogen (secondary N) is 3. The lowest BCUT2D eigenvalue weighted by molar-refractivity contribution is -0.141. The van der Waals surface area contributed by atoms with E-state index in [-0.39, 0.29) is 50.3 Å². The number of fused-ring (bicyclic) bond motifs is 1. The Morgan fingerprint density at radius 3 is 2.51 bits per heavy atom. The average Bonchev–Trinajstić information content (AvgIpc) is 4.02. The van der Waals surface area contributed by atoms with Gasteiger partial charge in [0.25, 0.3) is 5.91 Å². The lowest BCUT2D eigenvalue weighted by atomic mass is 10.0. The molecule has 1 aromatic carbocycles. The number of likely N-dealkylation sites (tertiary alicyclic amines) is 1. The number of allylic oxidation sites excluding steroid dienone is 2. The van der Waals surface area contributed by atoms with Crippen molar-refractivity contribution in [3.8, 4) is 11.6 Å². The van der Waals surface area contributed by atoms with Crippen molar-refractivity contribution in [2.24, 2.45) is 5.92 Å². The van der Waals surface area contributed by atoms with Crippen LogP contribution >= 0.6 is 0 Å². The second kappa shape index (κ2) is 15.6. The molecule has 3 aliphatic carbocycles. The molecule has 15 nitrogen and oxygen atoms in total. The van der Waals surface area contributed by atoms with E-state index in [0.717, 1.165) is 18.2 Å². The van der Waals surface area contributed by atoms with Crippen molar-refractivity contribution >= 4 is 50.4 Å². The number of amides is 4. The standard InChI is InChI=1S/C39H49N5O10S/c1-6-25-21-39(25,36(48)43-55(50,51)29-13-14-29)42-33(46)32-20-28(53-34-30-15-12-27(52-5)19-24(30)17-18-40-34)22-44(32)35(47)31(41-37(49)54-38(2,3)4)16-11-26(45)10-9-23-7-8-23/h6,9,12,15,17-19,25,28-29,31-32H,1,7-8,10-11,13-14,16,20-22H2,2-5H3,(H,41,49)(H,42,46)(H,43,48)/t25-,28-,31+,32+,39-/m1/s1. The second-order valence-corrected chi connectivity index (χ2v) is 17.7. The number of pyridine rings is 1. The van der Waals surface area contributed by atoms with Crippen LogP contribution in [0.25, 0.3) is 10.8 Å². The number of nitrogens with zero attached hydrogens (tertiary/aromatic N) is 2. The molecule has 2 aromatic rings. The van der Waals surface area contributed by atoms with Gasteiger partial charge in [-0.3, -0.25) is 23.9 Å². The molecule has 3 saturated carbocycles. The molecule has 3 N–H and O–H groups in total. The van der Waals surface area contributed by atoms with Gasteiger partial charge in [-0.05, 0) is 88.9 Å². The van der Waals surface area contributed by atoms with Crippen molar-refractivity contribution in [1.29, 1.82) is 0 Å².